The highest BCUT2D eigenvalue weighted by atomic mass is 16.1. The molecule has 2 heterocycles. The van der Waals surface area contributed by atoms with Crippen LogP contribution in [0.25, 0.3) is 6.08 Å². The fourth-order valence-electron chi connectivity index (χ4n) is 5.03. The van der Waals surface area contributed by atoms with Crippen molar-refractivity contribution in [2.45, 2.75) is 84.2 Å². The van der Waals surface area contributed by atoms with Gasteiger partial charge < -0.3 is 14.8 Å². The van der Waals surface area contributed by atoms with Crippen LogP contribution in [0, 0.1) is 25.2 Å². The van der Waals surface area contributed by atoms with E-state index in [-0.39, 0.29) is 17.5 Å². The lowest BCUT2D eigenvalue weighted by Gasteiger charge is -2.32. The van der Waals surface area contributed by atoms with E-state index in [1.165, 1.54) is 43.5 Å². The summed E-state index contributed by atoms with van der Waals surface area (Å²) in [5.41, 5.74) is 3.60. The number of carbonyl (C=O) groups is 1. The zero-order valence-electron chi connectivity index (χ0n) is 18.3. The van der Waals surface area contributed by atoms with E-state index in [0.29, 0.717) is 6.04 Å². The van der Waals surface area contributed by atoms with E-state index in [4.69, 9.17) is 0 Å². The number of hydrogen-bond donors (Lipinski definition) is 1. The van der Waals surface area contributed by atoms with Crippen LogP contribution in [0.5, 0.6) is 0 Å². The summed E-state index contributed by atoms with van der Waals surface area (Å²) < 4.78 is 2.42. The van der Waals surface area contributed by atoms with Crippen molar-refractivity contribution < 1.29 is 4.79 Å². The summed E-state index contributed by atoms with van der Waals surface area (Å²) in [6, 6.07) is 4.98. The predicted molar refractivity (Wildman–Crippen MR) is 118 cm³/mol. The summed E-state index contributed by atoms with van der Waals surface area (Å²) in [5, 5.41) is 12.7. The van der Waals surface area contributed by atoms with Gasteiger partial charge in [-0.05, 0) is 70.2 Å². The Morgan fingerprint density at radius 2 is 1.90 bits per heavy atom. The molecule has 1 amide bonds. The fourth-order valence-corrected chi connectivity index (χ4v) is 5.03. The molecule has 0 radical (unpaired) electrons. The van der Waals surface area contributed by atoms with Crippen LogP contribution in [-0.4, -0.2) is 41.1 Å². The molecule has 29 heavy (non-hydrogen) atoms. The van der Waals surface area contributed by atoms with E-state index < -0.39 is 0 Å². The molecule has 0 atom stereocenters. The van der Waals surface area contributed by atoms with Crippen LogP contribution in [0.1, 0.15) is 81.3 Å². The molecular formula is C24H36N4O. The molecule has 1 aliphatic carbocycles. The SMILES string of the molecule is CCCN1CCC(NC(=O)/C(C#N)=C/c2cc(C)n(C3CCCCC3)c2C)CC1. The summed E-state index contributed by atoms with van der Waals surface area (Å²) in [6.45, 7) is 9.61. The molecule has 2 fully saturated rings. The Morgan fingerprint density at radius 3 is 2.52 bits per heavy atom. The molecule has 1 saturated heterocycles. The van der Waals surface area contributed by atoms with Crippen LogP contribution in [0.15, 0.2) is 11.6 Å². The Labute approximate surface area is 175 Å². The maximum atomic E-state index is 12.7. The van der Waals surface area contributed by atoms with Crippen molar-refractivity contribution in [1.29, 1.82) is 5.26 Å². The lowest BCUT2D eigenvalue weighted by Crippen LogP contribution is -2.45. The van der Waals surface area contributed by atoms with Crippen molar-refractivity contribution in [3.63, 3.8) is 0 Å². The van der Waals surface area contributed by atoms with E-state index >= 15 is 0 Å². The molecule has 5 nitrogen and oxygen atoms in total. The van der Waals surface area contributed by atoms with E-state index in [1.807, 2.05) is 0 Å². The molecule has 158 valence electrons. The van der Waals surface area contributed by atoms with Gasteiger partial charge in [0, 0.05) is 36.6 Å². The standard InChI is InChI=1S/C24H36N4O/c1-4-12-27-13-10-22(11-14-27)26-24(29)21(17-25)16-20-15-18(2)28(19(20)3)23-8-6-5-7-9-23/h15-16,22-23H,4-14H2,1-3H3,(H,26,29)/b21-16+. The molecule has 3 rings (SSSR count). The molecule has 1 aromatic rings. The molecule has 0 unspecified atom stereocenters. The molecule has 5 heteroatoms. The lowest BCUT2D eigenvalue weighted by molar-refractivity contribution is -0.118. The first-order valence-corrected chi connectivity index (χ1v) is 11.4. The molecule has 1 aliphatic heterocycles. The number of rotatable bonds is 6. The van der Waals surface area contributed by atoms with Crippen LogP contribution in [0.3, 0.4) is 0 Å². The summed E-state index contributed by atoms with van der Waals surface area (Å²) in [4.78, 5) is 15.2. The van der Waals surface area contributed by atoms with Gasteiger partial charge in [0.05, 0.1) is 0 Å². The second-order valence-corrected chi connectivity index (χ2v) is 8.75. The number of hydrogen-bond acceptors (Lipinski definition) is 3. The third kappa shape index (κ3) is 5.30. The second-order valence-electron chi connectivity index (χ2n) is 8.75. The Hall–Kier alpha value is -2.06. The van der Waals surface area contributed by atoms with Crippen molar-refractivity contribution in [2.75, 3.05) is 19.6 Å². The first-order chi connectivity index (χ1) is 14.0. The number of piperidine rings is 1. The molecule has 0 bridgehead atoms. The van der Waals surface area contributed by atoms with E-state index in [9.17, 15) is 10.1 Å². The lowest BCUT2D eigenvalue weighted by atomic mass is 9.95. The van der Waals surface area contributed by atoms with Crippen LogP contribution in [-0.2, 0) is 4.79 Å². The first-order valence-electron chi connectivity index (χ1n) is 11.4. The number of aromatic nitrogens is 1. The summed E-state index contributed by atoms with van der Waals surface area (Å²) in [7, 11) is 0. The first kappa shape index (κ1) is 21.6. The summed E-state index contributed by atoms with van der Waals surface area (Å²) in [5.74, 6) is -0.232. The highest BCUT2D eigenvalue weighted by Gasteiger charge is 2.23. The van der Waals surface area contributed by atoms with E-state index in [0.717, 1.165) is 44.5 Å². The van der Waals surface area contributed by atoms with E-state index in [2.05, 4.69) is 47.7 Å². The third-order valence-electron chi connectivity index (χ3n) is 6.59. The summed E-state index contributed by atoms with van der Waals surface area (Å²) in [6.07, 6.45) is 11.2. The minimum absolute atomic E-state index is 0.169. The minimum atomic E-state index is -0.232. The van der Waals surface area contributed by atoms with Gasteiger partial charge in [-0.3, -0.25) is 4.79 Å². The number of nitrogens with zero attached hydrogens (tertiary/aromatic N) is 3. The fraction of sp³-hybridized carbons (Fsp3) is 0.667. The Kier molecular flexibility index (Phi) is 7.55. The third-order valence-corrected chi connectivity index (χ3v) is 6.59. The molecule has 1 saturated carbocycles. The number of carbonyl (C=O) groups excluding carboxylic acids is 1. The summed E-state index contributed by atoms with van der Waals surface area (Å²) >= 11 is 0. The van der Waals surface area contributed by atoms with Gasteiger partial charge in [-0.15, -0.1) is 0 Å². The van der Waals surface area contributed by atoms with Crippen molar-refractivity contribution in [3.8, 4) is 6.07 Å². The van der Waals surface area contributed by atoms with Crippen LogP contribution in [0.2, 0.25) is 0 Å². The van der Waals surface area contributed by atoms with Gasteiger partial charge >= 0.3 is 0 Å². The number of nitrogens with one attached hydrogen (secondary N) is 1. The second kappa shape index (κ2) is 10.1. The normalized spacial score (nSPS) is 19.9. The quantitative estimate of drug-likeness (QED) is 0.568. The van der Waals surface area contributed by atoms with Gasteiger partial charge in [0.25, 0.3) is 5.91 Å². The van der Waals surface area contributed by atoms with Gasteiger partial charge in [0.1, 0.15) is 11.6 Å². The monoisotopic (exact) mass is 396 g/mol. The van der Waals surface area contributed by atoms with Gasteiger partial charge in [-0.2, -0.15) is 5.26 Å². The Morgan fingerprint density at radius 1 is 1.21 bits per heavy atom. The maximum Gasteiger partial charge on any atom is 0.262 e. The van der Waals surface area contributed by atoms with Crippen molar-refractivity contribution >= 4 is 12.0 Å². The van der Waals surface area contributed by atoms with Crippen LogP contribution >= 0.6 is 0 Å². The topological polar surface area (TPSA) is 61.1 Å². The van der Waals surface area contributed by atoms with Crippen LogP contribution in [0.4, 0.5) is 0 Å². The number of nitriles is 1. The van der Waals surface area contributed by atoms with Gasteiger partial charge in [0.2, 0.25) is 0 Å². The predicted octanol–water partition coefficient (Wildman–Crippen LogP) is 4.51. The van der Waals surface area contributed by atoms with Gasteiger partial charge in [-0.25, -0.2) is 0 Å². The van der Waals surface area contributed by atoms with Crippen LogP contribution < -0.4 is 5.32 Å². The zero-order chi connectivity index (χ0) is 20.8. The molecule has 2 aliphatic rings. The smallest absolute Gasteiger partial charge is 0.262 e. The van der Waals surface area contributed by atoms with Gasteiger partial charge in [-0.1, -0.05) is 26.2 Å². The molecule has 1 aromatic heterocycles. The molecule has 0 aromatic carbocycles. The maximum absolute atomic E-state index is 12.7. The largest absolute Gasteiger partial charge is 0.349 e. The van der Waals surface area contributed by atoms with Gasteiger partial charge in [0.15, 0.2) is 0 Å². The average molecular weight is 397 g/mol. The number of likely N-dealkylation sites (tertiary alicyclic amines) is 1. The van der Waals surface area contributed by atoms with Crippen molar-refractivity contribution in [1.82, 2.24) is 14.8 Å². The minimum Gasteiger partial charge on any atom is -0.349 e. The molecular weight excluding hydrogens is 360 g/mol. The number of aryl methyl sites for hydroxylation is 1. The molecule has 1 N–H and O–H groups in total. The Bertz CT molecular complexity index is 772. The van der Waals surface area contributed by atoms with E-state index in [1.54, 1.807) is 6.08 Å². The highest BCUT2D eigenvalue weighted by molar-refractivity contribution is 6.02. The zero-order valence-corrected chi connectivity index (χ0v) is 18.3. The average Bonchev–Trinajstić information content (AvgIpc) is 3.01. The van der Waals surface area contributed by atoms with Crippen molar-refractivity contribution in [2.24, 2.45) is 0 Å². The molecule has 0 spiro atoms. The number of amides is 1. The van der Waals surface area contributed by atoms with Crippen molar-refractivity contribution in [3.05, 3.63) is 28.6 Å². The Balaban J connectivity index is 1.68. The highest BCUT2D eigenvalue weighted by Crippen LogP contribution is 2.32.